The molecule has 0 atom stereocenters. The second kappa shape index (κ2) is 6.32. The Labute approximate surface area is 109 Å². The molecular formula is C11H14ClN3O3. The molecule has 0 saturated carbocycles. The summed E-state index contributed by atoms with van der Waals surface area (Å²) in [6.07, 6.45) is 0. The first-order chi connectivity index (χ1) is 8.40. The van der Waals surface area contributed by atoms with E-state index in [2.05, 4.69) is 10.6 Å². The number of nitrogens with zero attached hydrogens (tertiary/aromatic N) is 1. The van der Waals surface area contributed by atoms with E-state index in [9.17, 15) is 14.9 Å². The number of halogens is 1. The number of anilines is 1. The van der Waals surface area contributed by atoms with Gasteiger partial charge in [-0.3, -0.25) is 14.9 Å². The standard InChI is InChI=1S/C11H14ClN3O3/c1-7(2)13-6-11(16)14-8-3-4-9(12)10(5-8)15(17)18/h3-5,7,13H,6H2,1-2H3,(H,14,16). The Kier molecular flexibility index (Phi) is 5.06. The summed E-state index contributed by atoms with van der Waals surface area (Å²) in [6.45, 7) is 3.98. The van der Waals surface area contributed by atoms with Crippen LogP contribution in [0.15, 0.2) is 18.2 Å². The van der Waals surface area contributed by atoms with Gasteiger partial charge in [-0.05, 0) is 12.1 Å². The van der Waals surface area contributed by atoms with Crippen molar-refractivity contribution in [1.82, 2.24) is 5.32 Å². The Balaban J connectivity index is 2.70. The van der Waals surface area contributed by atoms with Gasteiger partial charge in [-0.2, -0.15) is 0 Å². The Hall–Kier alpha value is -1.66. The maximum atomic E-state index is 11.5. The zero-order valence-electron chi connectivity index (χ0n) is 10.1. The number of carbonyl (C=O) groups excluding carboxylic acids is 1. The largest absolute Gasteiger partial charge is 0.325 e. The van der Waals surface area contributed by atoms with Gasteiger partial charge < -0.3 is 10.6 Å². The lowest BCUT2D eigenvalue weighted by atomic mass is 10.2. The topological polar surface area (TPSA) is 84.3 Å². The zero-order chi connectivity index (χ0) is 13.7. The average molecular weight is 272 g/mol. The van der Waals surface area contributed by atoms with E-state index in [0.717, 1.165) is 0 Å². The van der Waals surface area contributed by atoms with Crippen molar-refractivity contribution < 1.29 is 9.72 Å². The van der Waals surface area contributed by atoms with Crippen LogP contribution in [-0.4, -0.2) is 23.4 Å². The predicted octanol–water partition coefficient (Wildman–Crippen LogP) is 2.18. The lowest BCUT2D eigenvalue weighted by molar-refractivity contribution is -0.384. The van der Waals surface area contributed by atoms with Crippen LogP contribution in [0.5, 0.6) is 0 Å². The van der Waals surface area contributed by atoms with Crippen LogP contribution in [0.25, 0.3) is 0 Å². The van der Waals surface area contributed by atoms with Crippen molar-refractivity contribution in [2.75, 3.05) is 11.9 Å². The second-order valence-electron chi connectivity index (χ2n) is 4.01. The van der Waals surface area contributed by atoms with Crippen molar-refractivity contribution in [2.45, 2.75) is 19.9 Å². The summed E-state index contributed by atoms with van der Waals surface area (Å²) in [5, 5.41) is 16.2. The highest BCUT2D eigenvalue weighted by molar-refractivity contribution is 6.32. The number of nitrogens with one attached hydrogen (secondary N) is 2. The fourth-order valence-corrected chi connectivity index (χ4v) is 1.42. The van der Waals surface area contributed by atoms with E-state index < -0.39 is 4.92 Å². The molecule has 0 radical (unpaired) electrons. The van der Waals surface area contributed by atoms with Gasteiger partial charge in [0.1, 0.15) is 5.02 Å². The van der Waals surface area contributed by atoms with Crippen LogP contribution >= 0.6 is 11.6 Å². The third-order valence-electron chi connectivity index (χ3n) is 2.10. The molecule has 98 valence electrons. The second-order valence-corrected chi connectivity index (χ2v) is 4.41. The van der Waals surface area contributed by atoms with E-state index in [1.54, 1.807) is 0 Å². The van der Waals surface area contributed by atoms with Crippen molar-refractivity contribution in [3.05, 3.63) is 33.3 Å². The van der Waals surface area contributed by atoms with Crippen LogP contribution in [0.4, 0.5) is 11.4 Å². The van der Waals surface area contributed by atoms with Crippen molar-refractivity contribution in [3.8, 4) is 0 Å². The third-order valence-corrected chi connectivity index (χ3v) is 2.42. The monoisotopic (exact) mass is 271 g/mol. The molecule has 0 heterocycles. The van der Waals surface area contributed by atoms with Crippen LogP contribution in [0, 0.1) is 10.1 Å². The first-order valence-electron chi connectivity index (χ1n) is 5.37. The van der Waals surface area contributed by atoms with Gasteiger partial charge in [-0.15, -0.1) is 0 Å². The van der Waals surface area contributed by atoms with Crippen molar-refractivity contribution in [1.29, 1.82) is 0 Å². The van der Waals surface area contributed by atoms with Gasteiger partial charge in [0.2, 0.25) is 5.91 Å². The maximum absolute atomic E-state index is 11.5. The Bertz CT molecular complexity index is 463. The molecule has 2 N–H and O–H groups in total. The van der Waals surface area contributed by atoms with Crippen LogP contribution < -0.4 is 10.6 Å². The Morgan fingerprint density at radius 3 is 2.72 bits per heavy atom. The van der Waals surface area contributed by atoms with Crippen molar-refractivity contribution >= 4 is 28.9 Å². The first kappa shape index (κ1) is 14.4. The summed E-state index contributed by atoms with van der Waals surface area (Å²) in [5.74, 6) is -0.264. The molecule has 6 nitrogen and oxygen atoms in total. The number of benzene rings is 1. The summed E-state index contributed by atoms with van der Waals surface area (Å²) < 4.78 is 0. The van der Waals surface area contributed by atoms with Crippen molar-refractivity contribution in [2.24, 2.45) is 0 Å². The molecule has 1 amide bonds. The molecule has 0 aliphatic rings. The third kappa shape index (κ3) is 4.31. The number of rotatable bonds is 5. The molecule has 1 aromatic rings. The minimum atomic E-state index is -0.593. The summed E-state index contributed by atoms with van der Waals surface area (Å²) >= 11 is 5.66. The number of amides is 1. The van der Waals surface area contributed by atoms with E-state index in [0.29, 0.717) is 5.69 Å². The van der Waals surface area contributed by atoms with Crippen LogP contribution in [0.1, 0.15) is 13.8 Å². The summed E-state index contributed by atoms with van der Waals surface area (Å²) in [5.41, 5.74) is 0.118. The molecule has 18 heavy (non-hydrogen) atoms. The highest BCUT2D eigenvalue weighted by Crippen LogP contribution is 2.27. The molecule has 0 spiro atoms. The fraction of sp³-hybridized carbons (Fsp3) is 0.364. The molecule has 0 saturated heterocycles. The number of nitro groups is 1. The molecule has 0 fully saturated rings. The quantitative estimate of drug-likeness (QED) is 0.635. The van der Waals surface area contributed by atoms with Gasteiger partial charge in [0.05, 0.1) is 11.5 Å². The van der Waals surface area contributed by atoms with Crippen LogP contribution in [-0.2, 0) is 4.79 Å². The van der Waals surface area contributed by atoms with Gasteiger partial charge in [-0.25, -0.2) is 0 Å². The van der Waals surface area contributed by atoms with Gasteiger partial charge in [0, 0.05) is 17.8 Å². The summed E-state index contributed by atoms with van der Waals surface area (Å²) in [4.78, 5) is 21.6. The lowest BCUT2D eigenvalue weighted by Gasteiger charge is -2.09. The van der Waals surface area contributed by atoms with Crippen molar-refractivity contribution in [3.63, 3.8) is 0 Å². The number of hydrogen-bond acceptors (Lipinski definition) is 4. The number of hydrogen-bond donors (Lipinski definition) is 2. The zero-order valence-corrected chi connectivity index (χ0v) is 10.8. The summed E-state index contributed by atoms with van der Waals surface area (Å²) in [7, 11) is 0. The number of nitro benzene ring substituents is 1. The smallest absolute Gasteiger partial charge is 0.289 e. The van der Waals surface area contributed by atoms with Crippen LogP contribution in [0.2, 0.25) is 5.02 Å². The molecule has 1 rings (SSSR count). The maximum Gasteiger partial charge on any atom is 0.289 e. The lowest BCUT2D eigenvalue weighted by Crippen LogP contribution is -2.32. The van der Waals surface area contributed by atoms with Crippen LogP contribution in [0.3, 0.4) is 0 Å². The molecule has 1 aromatic carbocycles. The van der Waals surface area contributed by atoms with E-state index in [-0.39, 0.29) is 29.2 Å². The Morgan fingerprint density at radius 1 is 1.50 bits per heavy atom. The normalized spacial score (nSPS) is 10.4. The first-order valence-corrected chi connectivity index (χ1v) is 5.75. The van der Waals surface area contributed by atoms with Gasteiger partial charge in [0.15, 0.2) is 0 Å². The predicted molar refractivity (Wildman–Crippen MR) is 69.9 cm³/mol. The van der Waals surface area contributed by atoms with E-state index >= 15 is 0 Å². The van der Waals surface area contributed by atoms with Gasteiger partial charge in [0.25, 0.3) is 5.69 Å². The van der Waals surface area contributed by atoms with E-state index in [4.69, 9.17) is 11.6 Å². The van der Waals surface area contributed by atoms with Gasteiger partial charge >= 0.3 is 0 Å². The molecule has 0 bridgehead atoms. The average Bonchev–Trinajstić information content (AvgIpc) is 2.28. The number of carbonyl (C=O) groups is 1. The van der Waals surface area contributed by atoms with Gasteiger partial charge in [-0.1, -0.05) is 25.4 Å². The highest BCUT2D eigenvalue weighted by Gasteiger charge is 2.13. The van der Waals surface area contributed by atoms with E-state index in [1.807, 2.05) is 13.8 Å². The molecule has 7 heteroatoms. The molecular weight excluding hydrogens is 258 g/mol. The SMILES string of the molecule is CC(C)NCC(=O)Nc1ccc(Cl)c([N+](=O)[O-])c1. The molecule has 0 unspecified atom stereocenters. The van der Waals surface area contributed by atoms with E-state index in [1.165, 1.54) is 18.2 Å². The summed E-state index contributed by atoms with van der Waals surface area (Å²) in [6, 6.07) is 4.32. The minimum Gasteiger partial charge on any atom is -0.325 e. The highest BCUT2D eigenvalue weighted by atomic mass is 35.5. The Morgan fingerprint density at radius 2 is 2.17 bits per heavy atom. The molecule has 0 aromatic heterocycles. The minimum absolute atomic E-state index is 0.0401. The molecule has 0 aliphatic carbocycles. The fourth-order valence-electron chi connectivity index (χ4n) is 1.23. The molecule has 0 aliphatic heterocycles.